The van der Waals surface area contributed by atoms with Gasteiger partial charge in [-0.25, -0.2) is 9.18 Å². The van der Waals surface area contributed by atoms with Crippen molar-refractivity contribution < 1.29 is 14.3 Å². The molecule has 0 aliphatic rings. The molecule has 0 saturated heterocycles. The maximum Gasteiger partial charge on any atom is 0.341 e. The number of aromatic amines is 1. The summed E-state index contributed by atoms with van der Waals surface area (Å²) in [6.07, 6.45) is 2.35. The van der Waals surface area contributed by atoms with Crippen LogP contribution in [0.5, 0.6) is 0 Å². The fourth-order valence-electron chi connectivity index (χ4n) is 1.23. The lowest BCUT2D eigenvalue weighted by atomic mass is 10.1. The molecule has 2 N–H and O–H groups in total. The highest BCUT2D eigenvalue weighted by Crippen LogP contribution is 2.10. The number of nitrogens with one attached hydrogen (secondary N) is 1. The zero-order valence-electron chi connectivity index (χ0n) is 9.00. The van der Waals surface area contributed by atoms with Crippen LogP contribution in [-0.4, -0.2) is 16.1 Å². The van der Waals surface area contributed by atoms with Crippen molar-refractivity contribution in [3.63, 3.8) is 0 Å². The smallest absolute Gasteiger partial charge is 0.341 e. The second-order valence-electron chi connectivity index (χ2n) is 3.32. The van der Waals surface area contributed by atoms with E-state index < -0.39 is 17.2 Å². The fraction of sp³-hybridized carbons (Fsp3) is 0.273. The summed E-state index contributed by atoms with van der Waals surface area (Å²) in [5.41, 5.74) is -0.564. The van der Waals surface area contributed by atoms with E-state index in [0.717, 1.165) is 12.3 Å². The molecule has 0 atom stereocenters. The number of carboxylic acid groups (broad SMARTS) is 1. The number of pyridine rings is 1. The first kappa shape index (κ1) is 12.2. The second kappa shape index (κ2) is 4.74. The van der Waals surface area contributed by atoms with Gasteiger partial charge in [0.2, 0.25) is 5.43 Å². The molecule has 0 fully saturated rings. The third-order valence-electron chi connectivity index (χ3n) is 2.20. The summed E-state index contributed by atoms with van der Waals surface area (Å²) in [4.78, 5) is 25.0. The minimum absolute atomic E-state index is 0.0549. The molecule has 0 bridgehead atoms. The molecule has 16 heavy (non-hydrogen) atoms. The fourth-order valence-corrected chi connectivity index (χ4v) is 1.23. The molecule has 86 valence electrons. The van der Waals surface area contributed by atoms with E-state index in [2.05, 4.69) is 4.98 Å². The van der Waals surface area contributed by atoms with E-state index >= 15 is 0 Å². The first-order valence-electron chi connectivity index (χ1n) is 4.79. The van der Waals surface area contributed by atoms with Crippen LogP contribution < -0.4 is 5.43 Å². The number of hydrogen-bond acceptors (Lipinski definition) is 2. The Bertz CT molecular complexity index is 502. The van der Waals surface area contributed by atoms with Gasteiger partial charge in [-0.1, -0.05) is 6.92 Å². The largest absolute Gasteiger partial charge is 0.477 e. The zero-order valence-corrected chi connectivity index (χ0v) is 9.00. The van der Waals surface area contributed by atoms with Crippen molar-refractivity contribution in [1.29, 1.82) is 0 Å². The molecule has 0 unspecified atom stereocenters. The lowest BCUT2D eigenvalue weighted by molar-refractivity contribution is 0.0695. The SMILES string of the molecule is CC/C(F)=C\c1c(C)[nH]cc(C(=O)O)c1=O. The minimum atomic E-state index is -1.33. The van der Waals surface area contributed by atoms with Crippen LogP contribution in [0.25, 0.3) is 6.08 Å². The molecule has 0 amide bonds. The molecular formula is C11H12FNO3. The van der Waals surface area contributed by atoms with Gasteiger partial charge in [0.25, 0.3) is 0 Å². The van der Waals surface area contributed by atoms with E-state index in [4.69, 9.17) is 5.11 Å². The maximum absolute atomic E-state index is 13.1. The molecule has 1 aromatic rings. The number of hydrogen-bond donors (Lipinski definition) is 2. The number of rotatable bonds is 3. The third-order valence-corrected chi connectivity index (χ3v) is 2.20. The molecule has 1 rings (SSSR count). The van der Waals surface area contributed by atoms with E-state index in [-0.39, 0.29) is 17.5 Å². The number of carboxylic acids is 1. The van der Waals surface area contributed by atoms with Crippen molar-refractivity contribution in [3.8, 4) is 0 Å². The second-order valence-corrected chi connectivity index (χ2v) is 3.32. The Labute approximate surface area is 91.4 Å². The molecule has 0 radical (unpaired) electrons. The van der Waals surface area contributed by atoms with E-state index in [9.17, 15) is 14.0 Å². The monoisotopic (exact) mass is 225 g/mol. The van der Waals surface area contributed by atoms with Gasteiger partial charge < -0.3 is 10.1 Å². The van der Waals surface area contributed by atoms with Gasteiger partial charge in [-0.3, -0.25) is 4.79 Å². The predicted molar refractivity (Wildman–Crippen MR) is 58.1 cm³/mol. The number of aryl methyl sites for hydroxylation is 1. The van der Waals surface area contributed by atoms with E-state index in [1.807, 2.05) is 0 Å². The van der Waals surface area contributed by atoms with Crippen LogP contribution in [0.1, 0.15) is 35.0 Å². The molecule has 4 nitrogen and oxygen atoms in total. The van der Waals surface area contributed by atoms with Gasteiger partial charge in [0.1, 0.15) is 11.4 Å². The Kier molecular flexibility index (Phi) is 3.60. The summed E-state index contributed by atoms with van der Waals surface area (Å²) in [5, 5.41) is 8.74. The number of allylic oxidation sites excluding steroid dienone is 1. The zero-order chi connectivity index (χ0) is 12.3. The number of carbonyl (C=O) groups is 1. The first-order chi connectivity index (χ1) is 7.47. The number of aromatic carboxylic acids is 1. The lowest BCUT2D eigenvalue weighted by Crippen LogP contribution is -2.18. The summed E-state index contributed by atoms with van der Waals surface area (Å²) in [5.74, 6) is -1.79. The number of H-pyrrole nitrogens is 1. The molecule has 1 aromatic heterocycles. The predicted octanol–water partition coefficient (Wildman–Crippen LogP) is 2.10. The summed E-state index contributed by atoms with van der Waals surface area (Å²) in [7, 11) is 0. The lowest BCUT2D eigenvalue weighted by Gasteiger charge is -2.02. The highest BCUT2D eigenvalue weighted by Gasteiger charge is 2.13. The van der Waals surface area contributed by atoms with Crippen LogP contribution in [-0.2, 0) is 0 Å². The average Bonchev–Trinajstić information content (AvgIpc) is 2.23. The van der Waals surface area contributed by atoms with Crippen LogP contribution >= 0.6 is 0 Å². The summed E-state index contributed by atoms with van der Waals surface area (Å²) in [6, 6.07) is 0. The average molecular weight is 225 g/mol. The topological polar surface area (TPSA) is 70.2 Å². The Morgan fingerprint density at radius 2 is 2.25 bits per heavy atom. The first-order valence-corrected chi connectivity index (χ1v) is 4.79. The molecule has 5 heteroatoms. The highest BCUT2D eigenvalue weighted by molar-refractivity contribution is 5.88. The van der Waals surface area contributed by atoms with Crippen LogP contribution in [0.3, 0.4) is 0 Å². The van der Waals surface area contributed by atoms with Crippen LogP contribution in [0.15, 0.2) is 16.8 Å². The Morgan fingerprint density at radius 1 is 1.62 bits per heavy atom. The van der Waals surface area contributed by atoms with Crippen LogP contribution in [0.4, 0.5) is 4.39 Å². The number of aromatic nitrogens is 1. The molecule has 1 heterocycles. The standard InChI is InChI=1S/C11H12FNO3/c1-3-7(12)4-8-6(2)13-5-9(10(8)14)11(15)16/h4-5H,3H2,1-2H3,(H,13,14)(H,15,16)/b7-4+. The summed E-state index contributed by atoms with van der Waals surface area (Å²) < 4.78 is 13.1. The van der Waals surface area contributed by atoms with Crippen molar-refractivity contribution in [1.82, 2.24) is 4.98 Å². The van der Waals surface area contributed by atoms with Gasteiger partial charge in [0, 0.05) is 17.5 Å². The van der Waals surface area contributed by atoms with Gasteiger partial charge >= 0.3 is 5.97 Å². The summed E-state index contributed by atoms with van der Waals surface area (Å²) >= 11 is 0. The molecule has 0 saturated carbocycles. The Balaban J connectivity index is 3.44. The normalized spacial score (nSPS) is 11.6. The van der Waals surface area contributed by atoms with E-state index in [1.165, 1.54) is 0 Å². The summed E-state index contributed by atoms with van der Waals surface area (Å²) in [6.45, 7) is 3.19. The van der Waals surface area contributed by atoms with E-state index in [0.29, 0.717) is 5.69 Å². The molecule has 0 spiro atoms. The van der Waals surface area contributed by atoms with Crippen molar-refractivity contribution >= 4 is 12.0 Å². The third kappa shape index (κ3) is 2.36. The van der Waals surface area contributed by atoms with Crippen LogP contribution in [0.2, 0.25) is 0 Å². The van der Waals surface area contributed by atoms with Gasteiger partial charge in [-0.2, -0.15) is 0 Å². The minimum Gasteiger partial charge on any atom is -0.477 e. The maximum atomic E-state index is 13.1. The van der Waals surface area contributed by atoms with Crippen molar-refractivity contribution in [2.24, 2.45) is 0 Å². The quantitative estimate of drug-likeness (QED) is 0.827. The van der Waals surface area contributed by atoms with Crippen molar-refractivity contribution in [3.05, 3.63) is 39.1 Å². The highest BCUT2D eigenvalue weighted by atomic mass is 19.1. The Morgan fingerprint density at radius 3 is 2.75 bits per heavy atom. The molecular weight excluding hydrogens is 213 g/mol. The van der Waals surface area contributed by atoms with E-state index in [1.54, 1.807) is 13.8 Å². The van der Waals surface area contributed by atoms with Gasteiger partial charge in [0.15, 0.2) is 0 Å². The molecule has 0 aliphatic carbocycles. The number of halogens is 1. The van der Waals surface area contributed by atoms with Crippen LogP contribution in [0, 0.1) is 6.92 Å². The molecule has 0 aliphatic heterocycles. The van der Waals surface area contributed by atoms with Gasteiger partial charge in [-0.05, 0) is 19.4 Å². The van der Waals surface area contributed by atoms with Gasteiger partial charge in [-0.15, -0.1) is 0 Å². The Hall–Kier alpha value is -1.91. The van der Waals surface area contributed by atoms with Crippen molar-refractivity contribution in [2.75, 3.05) is 0 Å². The molecule has 0 aromatic carbocycles. The van der Waals surface area contributed by atoms with Gasteiger partial charge in [0.05, 0.1) is 0 Å². The van der Waals surface area contributed by atoms with Crippen molar-refractivity contribution in [2.45, 2.75) is 20.3 Å².